The van der Waals surface area contributed by atoms with Gasteiger partial charge in [0.1, 0.15) is 9.88 Å². The molecule has 0 saturated carbocycles. The molecule has 1 amide bonds. The van der Waals surface area contributed by atoms with Gasteiger partial charge in [0.05, 0.1) is 23.8 Å². The molecule has 114 valence electrons. The van der Waals surface area contributed by atoms with Gasteiger partial charge < -0.3 is 26.3 Å². The number of hydrogen-bond acceptors (Lipinski definition) is 7. The molecule has 0 bridgehead atoms. The number of anilines is 2. The Hall–Kier alpha value is -0.960. The molecule has 0 atom stereocenters. The first-order valence-electron chi connectivity index (χ1n) is 6.18. The molecule has 8 heteroatoms. The Kier molecular flexibility index (Phi) is 7.75. The maximum atomic E-state index is 11.3. The molecular formula is C12H21N3O3S2. The van der Waals surface area contributed by atoms with Crippen molar-refractivity contribution in [3.8, 4) is 0 Å². The number of hydrogen-bond donors (Lipinski definition) is 3. The highest BCUT2D eigenvalue weighted by atomic mass is 32.2. The molecule has 0 saturated heterocycles. The van der Waals surface area contributed by atoms with Gasteiger partial charge in [-0.3, -0.25) is 4.79 Å². The lowest BCUT2D eigenvalue weighted by Crippen LogP contribution is -2.10. The first-order valence-corrected chi connectivity index (χ1v) is 8.22. The number of rotatable bonds is 10. The van der Waals surface area contributed by atoms with Crippen molar-refractivity contribution < 1.29 is 14.3 Å². The summed E-state index contributed by atoms with van der Waals surface area (Å²) in [6, 6.07) is 0. The van der Waals surface area contributed by atoms with E-state index >= 15 is 0 Å². The van der Waals surface area contributed by atoms with E-state index in [-0.39, 0.29) is 0 Å². The van der Waals surface area contributed by atoms with Gasteiger partial charge in [0.15, 0.2) is 0 Å². The summed E-state index contributed by atoms with van der Waals surface area (Å²) >= 11 is 2.80. The number of methoxy groups -OCH3 is 1. The van der Waals surface area contributed by atoms with Crippen LogP contribution in [0.2, 0.25) is 0 Å². The standard InChI is InChI=1S/C12H21N3O3S2/c1-17-6-7-18-5-3-4-15-12-10(19-2)8(13)9(20-12)11(14)16/h15H,3-7,13H2,1-2H3,(H2,14,16). The van der Waals surface area contributed by atoms with E-state index in [1.54, 1.807) is 7.11 Å². The first-order chi connectivity index (χ1) is 9.61. The van der Waals surface area contributed by atoms with E-state index in [0.29, 0.717) is 30.4 Å². The molecule has 0 aliphatic heterocycles. The predicted octanol–water partition coefficient (Wildman–Crippen LogP) is 1.62. The van der Waals surface area contributed by atoms with E-state index in [4.69, 9.17) is 20.9 Å². The Morgan fingerprint density at radius 3 is 2.75 bits per heavy atom. The number of carbonyl (C=O) groups excluding carboxylic acids is 1. The maximum absolute atomic E-state index is 11.3. The Morgan fingerprint density at radius 2 is 2.15 bits per heavy atom. The van der Waals surface area contributed by atoms with Crippen LogP contribution in [0, 0.1) is 0 Å². The largest absolute Gasteiger partial charge is 0.396 e. The van der Waals surface area contributed by atoms with Crippen molar-refractivity contribution in [3.05, 3.63) is 4.88 Å². The summed E-state index contributed by atoms with van der Waals surface area (Å²) in [5.41, 5.74) is 11.7. The number of amides is 1. The molecule has 1 rings (SSSR count). The number of nitrogens with two attached hydrogens (primary N) is 2. The molecule has 0 radical (unpaired) electrons. The summed E-state index contributed by atoms with van der Waals surface area (Å²) in [4.78, 5) is 12.6. The van der Waals surface area contributed by atoms with Crippen LogP contribution in [0.15, 0.2) is 4.90 Å². The average molecular weight is 319 g/mol. The maximum Gasteiger partial charge on any atom is 0.261 e. The normalized spacial score (nSPS) is 10.7. The van der Waals surface area contributed by atoms with Crippen LogP contribution in [0.1, 0.15) is 16.1 Å². The molecule has 0 unspecified atom stereocenters. The SMILES string of the molecule is COCCOCCCNc1sc(C(N)=O)c(N)c1SC. The molecule has 1 aromatic heterocycles. The fraction of sp³-hybridized carbons (Fsp3) is 0.583. The van der Waals surface area contributed by atoms with Gasteiger partial charge in [-0.15, -0.1) is 23.1 Å². The van der Waals surface area contributed by atoms with E-state index < -0.39 is 5.91 Å². The van der Waals surface area contributed by atoms with Crippen molar-refractivity contribution in [2.45, 2.75) is 11.3 Å². The van der Waals surface area contributed by atoms with Gasteiger partial charge in [-0.2, -0.15) is 0 Å². The summed E-state index contributed by atoms with van der Waals surface area (Å²) in [6.07, 6.45) is 2.78. The number of nitrogen functional groups attached to an aromatic ring is 1. The first kappa shape index (κ1) is 17.1. The van der Waals surface area contributed by atoms with Crippen molar-refractivity contribution in [1.29, 1.82) is 0 Å². The molecule has 0 aliphatic rings. The number of primary amides is 1. The zero-order valence-corrected chi connectivity index (χ0v) is 13.4. The minimum absolute atomic E-state index is 0.410. The van der Waals surface area contributed by atoms with Crippen LogP contribution in [-0.2, 0) is 9.47 Å². The highest BCUT2D eigenvalue weighted by molar-refractivity contribution is 7.99. The summed E-state index contributed by atoms with van der Waals surface area (Å²) in [6.45, 7) is 2.62. The van der Waals surface area contributed by atoms with Crippen LogP contribution < -0.4 is 16.8 Å². The van der Waals surface area contributed by atoms with Crippen molar-refractivity contribution in [2.24, 2.45) is 5.73 Å². The minimum Gasteiger partial charge on any atom is -0.396 e. The quantitative estimate of drug-likeness (QED) is 0.447. The summed E-state index contributed by atoms with van der Waals surface area (Å²) in [5, 5.41) is 4.16. The Morgan fingerprint density at radius 1 is 1.40 bits per heavy atom. The van der Waals surface area contributed by atoms with E-state index in [1.807, 2.05) is 6.26 Å². The van der Waals surface area contributed by atoms with Crippen LogP contribution in [0.4, 0.5) is 10.7 Å². The Balaban J connectivity index is 2.43. The monoisotopic (exact) mass is 319 g/mol. The molecule has 5 N–H and O–H groups in total. The highest BCUT2D eigenvalue weighted by Gasteiger charge is 2.18. The Labute approximate surface area is 127 Å². The number of nitrogens with one attached hydrogen (secondary N) is 1. The molecule has 1 aromatic rings. The van der Waals surface area contributed by atoms with Crippen LogP contribution >= 0.6 is 23.1 Å². The molecule has 1 heterocycles. The molecule has 0 spiro atoms. The van der Waals surface area contributed by atoms with Crippen LogP contribution in [0.25, 0.3) is 0 Å². The third kappa shape index (κ3) is 4.86. The summed E-state index contributed by atoms with van der Waals surface area (Å²) in [7, 11) is 1.65. The van der Waals surface area contributed by atoms with Crippen molar-refractivity contribution in [1.82, 2.24) is 0 Å². The van der Waals surface area contributed by atoms with Gasteiger partial charge in [-0.25, -0.2) is 0 Å². The Bertz CT molecular complexity index is 438. The van der Waals surface area contributed by atoms with E-state index in [1.165, 1.54) is 23.1 Å². The smallest absolute Gasteiger partial charge is 0.261 e. The third-order valence-electron chi connectivity index (χ3n) is 2.51. The zero-order valence-electron chi connectivity index (χ0n) is 11.7. The zero-order chi connectivity index (χ0) is 15.0. The third-order valence-corrected chi connectivity index (χ3v) is 4.65. The lowest BCUT2D eigenvalue weighted by Gasteiger charge is -2.07. The molecule has 0 aromatic carbocycles. The van der Waals surface area contributed by atoms with Crippen molar-refractivity contribution in [3.63, 3.8) is 0 Å². The van der Waals surface area contributed by atoms with E-state index in [9.17, 15) is 4.79 Å². The number of ether oxygens (including phenoxy) is 2. The molecule has 6 nitrogen and oxygen atoms in total. The van der Waals surface area contributed by atoms with Gasteiger partial charge in [-0.05, 0) is 12.7 Å². The fourth-order valence-corrected chi connectivity index (χ4v) is 3.46. The van der Waals surface area contributed by atoms with E-state index in [0.717, 1.165) is 22.9 Å². The molecule has 20 heavy (non-hydrogen) atoms. The number of carbonyl (C=O) groups is 1. The van der Waals surface area contributed by atoms with Crippen LogP contribution in [0.3, 0.4) is 0 Å². The van der Waals surface area contributed by atoms with Crippen molar-refractivity contribution >= 4 is 39.7 Å². The van der Waals surface area contributed by atoms with Gasteiger partial charge in [0.25, 0.3) is 5.91 Å². The van der Waals surface area contributed by atoms with Crippen LogP contribution in [0.5, 0.6) is 0 Å². The molecule has 0 aliphatic carbocycles. The fourth-order valence-electron chi connectivity index (χ4n) is 1.55. The van der Waals surface area contributed by atoms with Gasteiger partial charge >= 0.3 is 0 Å². The van der Waals surface area contributed by atoms with E-state index in [2.05, 4.69) is 5.32 Å². The second kappa shape index (κ2) is 9.06. The minimum atomic E-state index is -0.487. The topological polar surface area (TPSA) is 99.6 Å². The summed E-state index contributed by atoms with van der Waals surface area (Å²) < 4.78 is 10.3. The van der Waals surface area contributed by atoms with Gasteiger partial charge in [0, 0.05) is 20.3 Å². The van der Waals surface area contributed by atoms with Gasteiger partial charge in [-0.1, -0.05) is 0 Å². The van der Waals surface area contributed by atoms with Crippen molar-refractivity contribution in [2.75, 3.05) is 50.8 Å². The summed E-state index contributed by atoms with van der Waals surface area (Å²) in [5.74, 6) is -0.487. The average Bonchev–Trinajstić information content (AvgIpc) is 2.74. The predicted molar refractivity (Wildman–Crippen MR) is 84.8 cm³/mol. The second-order valence-electron chi connectivity index (χ2n) is 3.96. The lowest BCUT2D eigenvalue weighted by molar-refractivity contribution is 0.0705. The molecular weight excluding hydrogens is 298 g/mol. The van der Waals surface area contributed by atoms with Gasteiger partial charge in [0.2, 0.25) is 0 Å². The lowest BCUT2D eigenvalue weighted by atomic mass is 10.4. The molecule has 0 fully saturated rings. The number of thioether (sulfide) groups is 1. The highest BCUT2D eigenvalue weighted by Crippen LogP contribution is 2.41. The number of thiophene rings is 1. The van der Waals surface area contributed by atoms with Crippen LogP contribution in [-0.4, -0.2) is 45.6 Å². The second-order valence-corrected chi connectivity index (χ2v) is 5.79.